The minimum Gasteiger partial charge on any atom is -0.481 e. The minimum absolute atomic E-state index is 0.0132. The Morgan fingerprint density at radius 1 is 1.14 bits per heavy atom. The predicted molar refractivity (Wildman–Crippen MR) is 111 cm³/mol. The summed E-state index contributed by atoms with van der Waals surface area (Å²) in [7, 11) is 0. The molecule has 1 aliphatic heterocycles. The van der Waals surface area contributed by atoms with Crippen LogP contribution in [0, 0.1) is 12.8 Å². The Labute approximate surface area is 170 Å². The molecule has 1 aliphatic rings. The number of nitrogens with zero attached hydrogens (tertiary/aromatic N) is 1. The van der Waals surface area contributed by atoms with E-state index in [1.807, 2.05) is 43.3 Å². The molecule has 0 aliphatic carbocycles. The van der Waals surface area contributed by atoms with Gasteiger partial charge in [0.2, 0.25) is 5.91 Å². The maximum atomic E-state index is 12.7. The van der Waals surface area contributed by atoms with E-state index >= 15 is 0 Å². The SMILES string of the molecule is Cc1cc(OC(C)C(=O)N2CCC(C(=O)Nc3ccccc3)CC2)ccc1Cl. The van der Waals surface area contributed by atoms with Crippen molar-refractivity contribution in [3.05, 3.63) is 59.1 Å². The molecule has 2 amide bonds. The number of ether oxygens (including phenoxy) is 1. The van der Waals surface area contributed by atoms with Gasteiger partial charge in [-0.3, -0.25) is 9.59 Å². The number of carbonyl (C=O) groups excluding carboxylic acids is 2. The molecule has 1 atom stereocenters. The average molecular weight is 401 g/mol. The summed E-state index contributed by atoms with van der Waals surface area (Å²) in [6.07, 6.45) is 0.712. The third-order valence-corrected chi connectivity index (χ3v) is 5.43. The van der Waals surface area contributed by atoms with Gasteiger partial charge in [0.25, 0.3) is 5.91 Å². The number of rotatable bonds is 5. The van der Waals surface area contributed by atoms with Crippen molar-refractivity contribution in [2.75, 3.05) is 18.4 Å². The summed E-state index contributed by atoms with van der Waals surface area (Å²) in [6.45, 7) is 4.76. The molecule has 0 bridgehead atoms. The molecule has 1 saturated heterocycles. The molecule has 0 aromatic heterocycles. The molecule has 5 nitrogen and oxygen atoms in total. The molecule has 2 aromatic carbocycles. The summed E-state index contributed by atoms with van der Waals surface area (Å²) in [6, 6.07) is 14.8. The van der Waals surface area contributed by atoms with Crippen molar-refractivity contribution in [1.29, 1.82) is 0 Å². The molecule has 1 fully saturated rings. The first-order chi connectivity index (χ1) is 13.4. The molecule has 148 valence electrons. The van der Waals surface area contributed by atoms with E-state index in [1.165, 1.54) is 0 Å². The lowest BCUT2D eigenvalue weighted by Crippen LogP contribution is -2.46. The van der Waals surface area contributed by atoms with Gasteiger partial charge in [-0.25, -0.2) is 0 Å². The molecule has 28 heavy (non-hydrogen) atoms. The number of carbonyl (C=O) groups is 2. The zero-order valence-electron chi connectivity index (χ0n) is 16.2. The van der Waals surface area contributed by atoms with E-state index in [-0.39, 0.29) is 17.7 Å². The molecule has 6 heteroatoms. The van der Waals surface area contributed by atoms with Gasteiger partial charge in [0.15, 0.2) is 6.10 Å². The van der Waals surface area contributed by atoms with Crippen LogP contribution >= 0.6 is 11.6 Å². The van der Waals surface area contributed by atoms with Gasteiger partial charge in [-0.05, 0) is 62.6 Å². The number of benzene rings is 2. The van der Waals surface area contributed by atoms with Crippen LogP contribution in [0.25, 0.3) is 0 Å². The van der Waals surface area contributed by atoms with Crippen molar-refractivity contribution in [3.8, 4) is 5.75 Å². The lowest BCUT2D eigenvalue weighted by atomic mass is 9.95. The highest BCUT2D eigenvalue weighted by Crippen LogP contribution is 2.24. The molecule has 1 unspecified atom stereocenters. The fourth-order valence-electron chi connectivity index (χ4n) is 3.33. The summed E-state index contributed by atoms with van der Waals surface area (Å²) < 4.78 is 5.79. The second-order valence-electron chi connectivity index (χ2n) is 7.13. The van der Waals surface area contributed by atoms with E-state index < -0.39 is 6.10 Å². The second-order valence-corrected chi connectivity index (χ2v) is 7.53. The maximum Gasteiger partial charge on any atom is 0.263 e. The zero-order chi connectivity index (χ0) is 20.1. The van der Waals surface area contributed by atoms with Gasteiger partial charge in [0, 0.05) is 29.7 Å². The van der Waals surface area contributed by atoms with E-state index in [1.54, 1.807) is 24.0 Å². The smallest absolute Gasteiger partial charge is 0.263 e. The summed E-state index contributed by atoms with van der Waals surface area (Å²) in [5, 5.41) is 3.61. The fraction of sp³-hybridized carbons (Fsp3) is 0.364. The number of amides is 2. The number of halogens is 1. The van der Waals surface area contributed by atoms with Crippen LogP contribution in [-0.4, -0.2) is 35.9 Å². The van der Waals surface area contributed by atoms with E-state index in [9.17, 15) is 9.59 Å². The van der Waals surface area contributed by atoms with Gasteiger partial charge in [0.1, 0.15) is 5.75 Å². The normalized spacial score (nSPS) is 15.8. The van der Waals surface area contributed by atoms with Crippen LogP contribution in [0.5, 0.6) is 5.75 Å². The first-order valence-corrected chi connectivity index (χ1v) is 9.89. The monoisotopic (exact) mass is 400 g/mol. The number of nitrogens with one attached hydrogen (secondary N) is 1. The van der Waals surface area contributed by atoms with Crippen LogP contribution in [0.2, 0.25) is 5.02 Å². The van der Waals surface area contributed by atoms with Gasteiger partial charge in [-0.15, -0.1) is 0 Å². The molecular formula is C22H25ClN2O3. The number of hydrogen-bond donors (Lipinski definition) is 1. The van der Waals surface area contributed by atoms with E-state index in [0.29, 0.717) is 36.7 Å². The first kappa shape index (κ1) is 20.2. The molecule has 2 aromatic rings. The molecule has 0 radical (unpaired) electrons. The van der Waals surface area contributed by atoms with Crippen molar-refractivity contribution < 1.29 is 14.3 Å². The van der Waals surface area contributed by atoms with Crippen molar-refractivity contribution in [2.24, 2.45) is 5.92 Å². The fourth-order valence-corrected chi connectivity index (χ4v) is 3.45. The van der Waals surface area contributed by atoms with E-state index in [2.05, 4.69) is 5.32 Å². The van der Waals surface area contributed by atoms with Gasteiger partial charge in [-0.2, -0.15) is 0 Å². The molecule has 0 saturated carbocycles. The van der Waals surface area contributed by atoms with E-state index in [0.717, 1.165) is 11.3 Å². The highest BCUT2D eigenvalue weighted by atomic mass is 35.5. The maximum absolute atomic E-state index is 12.7. The lowest BCUT2D eigenvalue weighted by Gasteiger charge is -2.33. The van der Waals surface area contributed by atoms with Crippen molar-refractivity contribution >= 4 is 29.1 Å². The topological polar surface area (TPSA) is 58.6 Å². The Kier molecular flexibility index (Phi) is 6.57. The van der Waals surface area contributed by atoms with Crippen molar-refractivity contribution in [3.63, 3.8) is 0 Å². The van der Waals surface area contributed by atoms with Gasteiger partial charge in [-0.1, -0.05) is 29.8 Å². The Morgan fingerprint density at radius 3 is 2.46 bits per heavy atom. The largest absolute Gasteiger partial charge is 0.481 e. The van der Waals surface area contributed by atoms with Crippen LogP contribution < -0.4 is 10.1 Å². The van der Waals surface area contributed by atoms with Crippen LogP contribution in [0.15, 0.2) is 48.5 Å². The molecule has 3 rings (SSSR count). The molecule has 1 N–H and O–H groups in total. The van der Waals surface area contributed by atoms with Crippen molar-refractivity contribution in [2.45, 2.75) is 32.8 Å². The third kappa shape index (κ3) is 5.04. The van der Waals surface area contributed by atoms with Crippen LogP contribution in [0.3, 0.4) is 0 Å². The van der Waals surface area contributed by atoms with Crippen molar-refractivity contribution in [1.82, 2.24) is 4.90 Å². The van der Waals surface area contributed by atoms with Crippen LogP contribution in [-0.2, 0) is 9.59 Å². The standard InChI is InChI=1S/C22H25ClN2O3/c1-15-14-19(8-9-20(15)23)28-16(2)22(27)25-12-10-17(11-13-25)21(26)24-18-6-4-3-5-7-18/h3-9,14,16-17H,10-13H2,1-2H3,(H,24,26). The number of anilines is 1. The Hall–Kier alpha value is -2.53. The zero-order valence-corrected chi connectivity index (χ0v) is 16.9. The third-order valence-electron chi connectivity index (χ3n) is 5.01. The van der Waals surface area contributed by atoms with Crippen LogP contribution in [0.1, 0.15) is 25.3 Å². The second kappa shape index (κ2) is 9.11. The highest BCUT2D eigenvalue weighted by Gasteiger charge is 2.30. The van der Waals surface area contributed by atoms with Crippen LogP contribution in [0.4, 0.5) is 5.69 Å². The first-order valence-electron chi connectivity index (χ1n) is 9.51. The Morgan fingerprint density at radius 2 is 1.82 bits per heavy atom. The Bertz CT molecular complexity index is 833. The number of para-hydroxylation sites is 1. The minimum atomic E-state index is -0.588. The summed E-state index contributed by atoms with van der Waals surface area (Å²) in [5.74, 6) is 0.494. The number of likely N-dealkylation sites (tertiary alicyclic amines) is 1. The lowest BCUT2D eigenvalue weighted by molar-refractivity contribution is -0.140. The summed E-state index contributed by atoms with van der Waals surface area (Å²) in [5.41, 5.74) is 1.70. The number of piperidine rings is 1. The molecular weight excluding hydrogens is 376 g/mol. The number of hydrogen-bond acceptors (Lipinski definition) is 3. The molecule has 0 spiro atoms. The van der Waals surface area contributed by atoms with Gasteiger partial charge in [0.05, 0.1) is 0 Å². The average Bonchev–Trinajstić information content (AvgIpc) is 2.71. The van der Waals surface area contributed by atoms with Gasteiger partial charge >= 0.3 is 0 Å². The quantitative estimate of drug-likeness (QED) is 0.814. The van der Waals surface area contributed by atoms with Gasteiger partial charge < -0.3 is 15.0 Å². The summed E-state index contributed by atoms with van der Waals surface area (Å²) >= 11 is 6.03. The van der Waals surface area contributed by atoms with E-state index in [4.69, 9.17) is 16.3 Å². The summed E-state index contributed by atoms with van der Waals surface area (Å²) in [4.78, 5) is 26.9. The predicted octanol–water partition coefficient (Wildman–Crippen LogP) is 4.29. The number of aryl methyl sites for hydroxylation is 1. The molecule has 1 heterocycles. The highest BCUT2D eigenvalue weighted by molar-refractivity contribution is 6.31. The Balaban J connectivity index is 1.50.